The highest BCUT2D eigenvalue weighted by Gasteiger charge is 2.13. The number of pyridine rings is 1. The molecule has 0 aliphatic heterocycles. The molecule has 0 aromatic carbocycles. The Morgan fingerprint density at radius 1 is 1.60 bits per heavy atom. The maximum absolute atomic E-state index is 6.07. The smallest absolute Gasteiger partial charge is 0.0760 e. The van der Waals surface area contributed by atoms with Gasteiger partial charge in [-0.2, -0.15) is 0 Å². The molecule has 4 heteroatoms. The van der Waals surface area contributed by atoms with Gasteiger partial charge in [0.05, 0.1) is 21.8 Å². The van der Waals surface area contributed by atoms with Crippen LogP contribution in [0, 0.1) is 0 Å². The van der Waals surface area contributed by atoms with E-state index in [2.05, 4.69) is 16.9 Å². The van der Waals surface area contributed by atoms with Crippen molar-refractivity contribution in [3.05, 3.63) is 40.7 Å². The zero-order chi connectivity index (χ0) is 11.3. The molecule has 1 aromatic heterocycles. The van der Waals surface area contributed by atoms with E-state index in [1.54, 1.807) is 12.3 Å². The maximum Gasteiger partial charge on any atom is 0.0760 e. The van der Waals surface area contributed by atoms with Gasteiger partial charge in [0.1, 0.15) is 0 Å². The van der Waals surface area contributed by atoms with Crippen molar-refractivity contribution in [1.29, 1.82) is 0 Å². The fourth-order valence-electron chi connectivity index (χ4n) is 1.38. The Balaban J connectivity index is 2.86. The summed E-state index contributed by atoms with van der Waals surface area (Å²) in [5.74, 6) is 0. The van der Waals surface area contributed by atoms with E-state index in [-0.39, 0.29) is 6.04 Å². The van der Waals surface area contributed by atoms with Gasteiger partial charge in [0.25, 0.3) is 0 Å². The number of allylic oxidation sites excluding steroid dienone is 1. The second kappa shape index (κ2) is 6.11. The average molecular weight is 245 g/mol. The molecule has 1 unspecified atom stereocenters. The van der Waals surface area contributed by atoms with Gasteiger partial charge >= 0.3 is 0 Å². The van der Waals surface area contributed by atoms with Gasteiger partial charge in [0.2, 0.25) is 0 Å². The van der Waals surface area contributed by atoms with Crippen LogP contribution in [-0.2, 0) is 0 Å². The normalized spacial score (nSPS) is 12.5. The highest BCUT2D eigenvalue weighted by atomic mass is 35.5. The number of nitrogens with one attached hydrogen (secondary N) is 1. The molecule has 1 N–H and O–H groups in total. The van der Waals surface area contributed by atoms with Gasteiger partial charge in [-0.15, -0.1) is 6.58 Å². The molecule has 0 saturated heterocycles. The highest BCUT2D eigenvalue weighted by Crippen LogP contribution is 2.26. The lowest BCUT2D eigenvalue weighted by molar-refractivity contribution is 0.541. The summed E-state index contributed by atoms with van der Waals surface area (Å²) in [5, 5.41) is 4.34. The van der Waals surface area contributed by atoms with Crippen LogP contribution in [0.25, 0.3) is 0 Å². The van der Waals surface area contributed by atoms with E-state index in [9.17, 15) is 0 Å². The van der Waals surface area contributed by atoms with Crippen LogP contribution in [-0.4, -0.2) is 12.0 Å². The minimum atomic E-state index is 0.146. The number of rotatable bonds is 5. The van der Waals surface area contributed by atoms with Crippen LogP contribution < -0.4 is 5.32 Å². The number of hydrogen-bond donors (Lipinski definition) is 1. The number of hydrogen-bond acceptors (Lipinski definition) is 2. The van der Waals surface area contributed by atoms with Crippen LogP contribution in [0.5, 0.6) is 0 Å². The molecule has 0 aliphatic rings. The second-order valence-corrected chi connectivity index (χ2v) is 4.07. The van der Waals surface area contributed by atoms with E-state index in [0.717, 1.165) is 18.5 Å². The number of nitrogens with zero attached hydrogens (tertiary/aromatic N) is 1. The molecule has 0 spiro atoms. The lowest BCUT2D eigenvalue weighted by Crippen LogP contribution is -2.17. The third-order valence-corrected chi connectivity index (χ3v) is 2.68. The quantitative estimate of drug-likeness (QED) is 0.801. The third kappa shape index (κ3) is 3.49. The summed E-state index contributed by atoms with van der Waals surface area (Å²) >= 11 is 11.9. The highest BCUT2D eigenvalue weighted by molar-refractivity contribution is 6.34. The summed E-state index contributed by atoms with van der Waals surface area (Å²) in [6, 6.07) is 1.86. The van der Waals surface area contributed by atoms with E-state index in [0.29, 0.717) is 10.0 Å². The maximum atomic E-state index is 6.07. The van der Waals surface area contributed by atoms with Crippen LogP contribution >= 0.6 is 23.2 Å². The Labute approximate surface area is 100 Å². The SMILES string of the molecule is C=CCCC(NC)c1ncc(Cl)cc1Cl. The van der Waals surface area contributed by atoms with E-state index in [4.69, 9.17) is 23.2 Å². The summed E-state index contributed by atoms with van der Waals surface area (Å²) < 4.78 is 0. The fourth-order valence-corrected chi connectivity index (χ4v) is 1.90. The molecular formula is C11H14Cl2N2. The summed E-state index contributed by atoms with van der Waals surface area (Å²) in [5.41, 5.74) is 0.838. The van der Waals surface area contributed by atoms with E-state index < -0.39 is 0 Å². The van der Waals surface area contributed by atoms with Gasteiger partial charge < -0.3 is 5.32 Å². The zero-order valence-corrected chi connectivity index (χ0v) is 10.1. The van der Waals surface area contributed by atoms with Gasteiger partial charge in [-0.05, 0) is 26.0 Å². The largest absolute Gasteiger partial charge is 0.312 e. The van der Waals surface area contributed by atoms with Crippen molar-refractivity contribution in [3.8, 4) is 0 Å². The van der Waals surface area contributed by atoms with E-state index in [1.807, 2.05) is 13.1 Å². The van der Waals surface area contributed by atoms with Crippen molar-refractivity contribution >= 4 is 23.2 Å². The standard InChI is InChI=1S/C11H14Cl2N2/c1-3-4-5-10(14-2)11-9(13)6-8(12)7-15-11/h3,6-7,10,14H,1,4-5H2,2H3. The second-order valence-electron chi connectivity index (χ2n) is 3.23. The Morgan fingerprint density at radius 2 is 2.33 bits per heavy atom. The number of halogens is 2. The first-order valence-electron chi connectivity index (χ1n) is 4.78. The topological polar surface area (TPSA) is 24.9 Å². The van der Waals surface area contributed by atoms with E-state index >= 15 is 0 Å². The monoisotopic (exact) mass is 244 g/mol. The minimum Gasteiger partial charge on any atom is -0.312 e. The van der Waals surface area contributed by atoms with Crippen molar-refractivity contribution in [3.63, 3.8) is 0 Å². The van der Waals surface area contributed by atoms with Gasteiger partial charge in [0, 0.05) is 6.20 Å². The van der Waals surface area contributed by atoms with Crippen LogP contribution in [0.2, 0.25) is 10.0 Å². The molecule has 0 fully saturated rings. The Bertz CT molecular complexity index is 339. The fraction of sp³-hybridized carbons (Fsp3) is 0.364. The van der Waals surface area contributed by atoms with Gasteiger partial charge in [-0.1, -0.05) is 29.3 Å². The van der Waals surface area contributed by atoms with Crippen molar-refractivity contribution < 1.29 is 0 Å². The van der Waals surface area contributed by atoms with E-state index in [1.165, 1.54) is 0 Å². The van der Waals surface area contributed by atoms with Gasteiger partial charge in [-0.3, -0.25) is 4.98 Å². The summed E-state index contributed by atoms with van der Waals surface area (Å²) in [6.07, 6.45) is 5.34. The first kappa shape index (κ1) is 12.5. The van der Waals surface area contributed by atoms with Crippen molar-refractivity contribution in [1.82, 2.24) is 10.3 Å². The van der Waals surface area contributed by atoms with Crippen LogP contribution in [0.15, 0.2) is 24.9 Å². The van der Waals surface area contributed by atoms with Crippen molar-refractivity contribution in [2.45, 2.75) is 18.9 Å². The first-order chi connectivity index (χ1) is 7.19. The van der Waals surface area contributed by atoms with Gasteiger partial charge in [-0.25, -0.2) is 0 Å². The molecular weight excluding hydrogens is 231 g/mol. The zero-order valence-electron chi connectivity index (χ0n) is 8.63. The summed E-state index contributed by atoms with van der Waals surface area (Å²) in [6.45, 7) is 3.69. The molecule has 0 saturated carbocycles. The van der Waals surface area contributed by atoms with Crippen LogP contribution in [0.4, 0.5) is 0 Å². The lowest BCUT2D eigenvalue weighted by Gasteiger charge is -2.15. The third-order valence-electron chi connectivity index (χ3n) is 2.17. The number of aromatic nitrogens is 1. The van der Waals surface area contributed by atoms with Crippen LogP contribution in [0.3, 0.4) is 0 Å². The summed E-state index contributed by atoms with van der Waals surface area (Å²) in [7, 11) is 1.89. The Kier molecular flexibility index (Phi) is 5.09. The molecule has 1 aromatic rings. The van der Waals surface area contributed by atoms with Gasteiger partial charge in [0.15, 0.2) is 0 Å². The molecule has 0 bridgehead atoms. The van der Waals surface area contributed by atoms with Crippen molar-refractivity contribution in [2.75, 3.05) is 7.05 Å². The molecule has 82 valence electrons. The Morgan fingerprint density at radius 3 is 2.87 bits per heavy atom. The molecule has 0 radical (unpaired) electrons. The Hall–Kier alpha value is -0.570. The molecule has 0 aliphatic carbocycles. The molecule has 0 amide bonds. The molecule has 1 heterocycles. The van der Waals surface area contributed by atoms with Crippen LogP contribution in [0.1, 0.15) is 24.6 Å². The predicted molar refractivity (Wildman–Crippen MR) is 65.5 cm³/mol. The molecule has 15 heavy (non-hydrogen) atoms. The minimum absolute atomic E-state index is 0.146. The molecule has 2 nitrogen and oxygen atoms in total. The average Bonchev–Trinajstić information content (AvgIpc) is 2.21. The molecule has 1 atom stereocenters. The lowest BCUT2D eigenvalue weighted by atomic mass is 10.1. The van der Waals surface area contributed by atoms with Crippen molar-refractivity contribution in [2.24, 2.45) is 0 Å². The molecule has 1 rings (SSSR count). The predicted octanol–water partition coefficient (Wildman–Crippen LogP) is 3.62. The summed E-state index contributed by atoms with van der Waals surface area (Å²) in [4.78, 5) is 4.24. The first-order valence-corrected chi connectivity index (χ1v) is 5.53.